The van der Waals surface area contributed by atoms with Gasteiger partial charge in [-0.1, -0.05) is 15.9 Å². The second-order valence-corrected chi connectivity index (χ2v) is 3.54. The Morgan fingerprint density at radius 3 is 2.86 bits per heavy atom. The van der Waals surface area contributed by atoms with Gasteiger partial charge < -0.3 is 15.6 Å². The highest BCUT2D eigenvalue weighted by atomic mass is 79.9. The Labute approximate surface area is 90.3 Å². The number of benzene rings is 1. The molecule has 0 bridgehead atoms. The molecule has 0 amide bonds. The molecule has 0 heterocycles. The third-order valence-electron chi connectivity index (χ3n) is 1.58. The van der Waals surface area contributed by atoms with Crippen LogP contribution in [-0.2, 0) is 0 Å². The van der Waals surface area contributed by atoms with Gasteiger partial charge in [-0.3, -0.25) is 5.41 Å². The van der Waals surface area contributed by atoms with E-state index in [2.05, 4.69) is 15.9 Å². The van der Waals surface area contributed by atoms with Gasteiger partial charge in [-0.2, -0.15) is 0 Å². The molecule has 0 saturated heterocycles. The van der Waals surface area contributed by atoms with E-state index in [9.17, 15) is 0 Å². The fourth-order valence-electron chi connectivity index (χ4n) is 0.994. The normalized spacial score (nSPS) is 9.86. The lowest BCUT2D eigenvalue weighted by atomic mass is 10.2. The van der Waals surface area contributed by atoms with Crippen LogP contribution in [0.1, 0.15) is 5.56 Å². The number of amidine groups is 1. The van der Waals surface area contributed by atoms with Gasteiger partial charge in [0.1, 0.15) is 18.2 Å². The van der Waals surface area contributed by atoms with Crippen molar-refractivity contribution in [2.75, 3.05) is 13.2 Å². The number of ether oxygens (including phenoxy) is 1. The molecule has 0 aliphatic carbocycles. The molecule has 14 heavy (non-hydrogen) atoms. The number of aliphatic hydroxyl groups is 1. The van der Waals surface area contributed by atoms with Crippen molar-refractivity contribution in [3.05, 3.63) is 28.2 Å². The van der Waals surface area contributed by atoms with Gasteiger partial charge in [-0.05, 0) is 18.2 Å². The number of nitrogen functional groups attached to an aromatic ring is 1. The molecule has 0 fully saturated rings. The van der Waals surface area contributed by atoms with Crippen LogP contribution < -0.4 is 10.5 Å². The molecule has 0 aliphatic heterocycles. The number of nitrogens with two attached hydrogens (primary N) is 1. The van der Waals surface area contributed by atoms with E-state index >= 15 is 0 Å². The molecule has 1 aromatic carbocycles. The quantitative estimate of drug-likeness (QED) is 0.559. The third-order valence-corrected chi connectivity index (χ3v) is 2.08. The number of aliphatic hydroxyl groups excluding tert-OH is 1. The molecule has 5 heteroatoms. The largest absolute Gasteiger partial charge is 0.490 e. The predicted octanol–water partition coefficient (Wildman–Crippen LogP) is 1.10. The molecule has 1 rings (SSSR count). The first kappa shape index (κ1) is 11.0. The van der Waals surface area contributed by atoms with E-state index in [0.717, 1.165) is 4.47 Å². The highest BCUT2D eigenvalue weighted by Crippen LogP contribution is 2.23. The van der Waals surface area contributed by atoms with Gasteiger partial charge in [0.15, 0.2) is 0 Å². The molecule has 0 atom stereocenters. The zero-order valence-corrected chi connectivity index (χ0v) is 9.04. The SMILES string of the molecule is N=C(N)c1ccc(Br)cc1OCCO. The van der Waals surface area contributed by atoms with Crippen LogP contribution in [-0.4, -0.2) is 24.2 Å². The average molecular weight is 259 g/mol. The number of halogens is 1. The molecule has 0 aromatic heterocycles. The standard InChI is InChI=1S/C9H11BrN2O2/c10-6-1-2-7(9(11)12)8(5-6)14-4-3-13/h1-2,5,13H,3-4H2,(H3,11,12). The average Bonchev–Trinajstić information content (AvgIpc) is 2.14. The fraction of sp³-hybridized carbons (Fsp3) is 0.222. The summed E-state index contributed by atoms with van der Waals surface area (Å²) in [5.41, 5.74) is 5.89. The van der Waals surface area contributed by atoms with Crippen molar-refractivity contribution < 1.29 is 9.84 Å². The van der Waals surface area contributed by atoms with Gasteiger partial charge in [0.25, 0.3) is 0 Å². The van der Waals surface area contributed by atoms with Crippen LogP contribution >= 0.6 is 15.9 Å². The van der Waals surface area contributed by atoms with Crippen LogP contribution in [0.3, 0.4) is 0 Å². The van der Waals surface area contributed by atoms with Crippen molar-refractivity contribution in [3.63, 3.8) is 0 Å². The molecular formula is C9H11BrN2O2. The zero-order valence-electron chi connectivity index (χ0n) is 7.46. The Morgan fingerprint density at radius 2 is 2.29 bits per heavy atom. The Balaban J connectivity index is 2.97. The van der Waals surface area contributed by atoms with Crippen molar-refractivity contribution in [2.45, 2.75) is 0 Å². The summed E-state index contributed by atoms with van der Waals surface area (Å²) in [6, 6.07) is 5.19. The predicted molar refractivity (Wildman–Crippen MR) is 57.7 cm³/mol. The third kappa shape index (κ3) is 2.71. The first-order valence-electron chi connectivity index (χ1n) is 4.02. The van der Waals surface area contributed by atoms with E-state index in [1.165, 1.54) is 0 Å². The second-order valence-electron chi connectivity index (χ2n) is 2.63. The lowest BCUT2D eigenvalue weighted by Crippen LogP contribution is -2.14. The highest BCUT2D eigenvalue weighted by molar-refractivity contribution is 9.10. The van der Waals surface area contributed by atoms with E-state index < -0.39 is 0 Å². The van der Waals surface area contributed by atoms with Gasteiger partial charge in [-0.15, -0.1) is 0 Å². The molecule has 0 saturated carbocycles. The molecule has 4 N–H and O–H groups in total. The minimum Gasteiger partial charge on any atom is -0.490 e. The van der Waals surface area contributed by atoms with Crippen LogP contribution in [0.25, 0.3) is 0 Å². The topological polar surface area (TPSA) is 79.3 Å². The highest BCUT2D eigenvalue weighted by Gasteiger charge is 2.06. The molecule has 0 aliphatic rings. The first-order valence-corrected chi connectivity index (χ1v) is 4.82. The number of hydrogen-bond acceptors (Lipinski definition) is 3. The molecule has 1 aromatic rings. The maximum Gasteiger partial charge on any atom is 0.131 e. The lowest BCUT2D eigenvalue weighted by Gasteiger charge is -2.09. The van der Waals surface area contributed by atoms with Gasteiger partial charge >= 0.3 is 0 Å². The fourth-order valence-corrected chi connectivity index (χ4v) is 1.33. The Morgan fingerprint density at radius 1 is 1.57 bits per heavy atom. The number of hydrogen-bond donors (Lipinski definition) is 3. The van der Waals surface area contributed by atoms with Gasteiger partial charge in [0.2, 0.25) is 0 Å². The van der Waals surface area contributed by atoms with Crippen LogP contribution in [0.15, 0.2) is 22.7 Å². The van der Waals surface area contributed by atoms with Gasteiger partial charge in [0, 0.05) is 4.47 Å². The van der Waals surface area contributed by atoms with Crippen LogP contribution in [0, 0.1) is 5.41 Å². The summed E-state index contributed by atoms with van der Waals surface area (Å²) in [4.78, 5) is 0. The monoisotopic (exact) mass is 258 g/mol. The number of nitrogens with one attached hydrogen (secondary N) is 1. The Hall–Kier alpha value is -1.07. The van der Waals surface area contributed by atoms with E-state index in [4.69, 9.17) is 21.0 Å². The van der Waals surface area contributed by atoms with Gasteiger partial charge in [-0.25, -0.2) is 0 Å². The molecule has 4 nitrogen and oxygen atoms in total. The molecule has 0 unspecified atom stereocenters. The van der Waals surface area contributed by atoms with E-state index in [0.29, 0.717) is 11.3 Å². The second kappa shape index (κ2) is 4.97. The van der Waals surface area contributed by atoms with Crippen LogP contribution in [0.4, 0.5) is 0 Å². The lowest BCUT2D eigenvalue weighted by molar-refractivity contribution is 0.201. The zero-order chi connectivity index (χ0) is 10.6. The van der Waals surface area contributed by atoms with Crippen molar-refractivity contribution >= 4 is 21.8 Å². The maximum absolute atomic E-state index is 8.60. The maximum atomic E-state index is 8.60. The Kier molecular flexibility index (Phi) is 3.91. The van der Waals surface area contributed by atoms with Crippen molar-refractivity contribution in [1.29, 1.82) is 5.41 Å². The van der Waals surface area contributed by atoms with Crippen molar-refractivity contribution in [2.24, 2.45) is 5.73 Å². The van der Waals surface area contributed by atoms with E-state index in [-0.39, 0.29) is 19.0 Å². The Bertz CT molecular complexity index is 342. The summed E-state index contributed by atoms with van der Waals surface area (Å²) >= 11 is 3.28. The molecular weight excluding hydrogens is 248 g/mol. The van der Waals surface area contributed by atoms with E-state index in [1.807, 2.05) is 0 Å². The van der Waals surface area contributed by atoms with Crippen molar-refractivity contribution in [3.8, 4) is 5.75 Å². The van der Waals surface area contributed by atoms with Crippen LogP contribution in [0.5, 0.6) is 5.75 Å². The van der Waals surface area contributed by atoms with Gasteiger partial charge in [0.05, 0.1) is 12.2 Å². The van der Waals surface area contributed by atoms with E-state index in [1.54, 1.807) is 18.2 Å². The molecule has 76 valence electrons. The minimum atomic E-state index is -0.0656. The number of rotatable bonds is 4. The smallest absolute Gasteiger partial charge is 0.131 e. The minimum absolute atomic E-state index is 0.0505. The summed E-state index contributed by atoms with van der Waals surface area (Å²) in [5, 5.41) is 15.9. The summed E-state index contributed by atoms with van der Waals surface area (Å²) < 4.78 is 6.07. The summed E-state index contributed by atoms with van der Waals surface area (Å²) in [7, 11) is 0. The molecule has 0 radical (unpaired) electrons. The molecule has 0 spiro atoms. The van der Waals surface area contributed by atoms with Crippen molar-refractivity contribution in [1.82, 2.24) is 0 Å². The summed E-state index contributed by atoms with van der Waals surface area (Å²) in [6.45, 7) is 0.126. The van der Waals surface area contributed by atoms with Crippen LogP contribution in [0.2, 0.25) is 0 Å². The summed E-state index contributed by atoms with van der Waals surface area (Å²) in [5.74, 6) is 0.450. The first-order chi connectivity index (χ1) is 6.65. The summed E-state index contributed by atoms with van der Waals surface area (Å²) in [6.07, 6.45) is 0.